The summed E-state index contributed by atoms with van der Waals surface area (Å²) in [6.07, 6.45) is 1.58. The van der Waals surface area contributed by atoms with Crippen molar-refractivity contribution >= 4 is 51.3 Å². The van der Waals surface area contributed by atoms with Gasteiger partial charge in [0, 0.05) is 29.7 Å². The molecule has 0 aliphatic carbocycles. The van der Waals surface area contributed by atoms with Crippen LogP contribution in [0.4, 0.5) is 23.5 Å². The van der Waals surface area contributed by atoms with E-state index in [9.17, 15) is 5.11 Å². The van der Waals surface area contributed by atoms with Gasteiger partial charge in [-0.2, -0.15) is 20.1 Å². The third kappa shape index (κ3) is 4.85. The molecular formula is C28H25N7O2. The van der Waals surface area contributed by atoms with E-state index in [0.717, 1.165) is 27.2 Å². The molecule has 0 bridgehead atoms. The standard InChI is InChI=1S/C28H25N7O2/c36-25-13-12-20-7-1-3-9-21(20)23(25)18-29-34-27-31-26(32-28(33-27)35-14-16-37-17-15-35)30-24-11-5-8-19-6-2-4-10-22(19)24/h1-13,18,36H,14-17H2,(H2,30,31,32,33,34). The number of hydrogen-bond acceptors (Lipinski definition) is 9. The predicted octanol–water partition coefficient (Wildman–Crippen LogP) is 4.91. The Morgan fingerprint density at radius 2 is 1.49 bits per heavy atom. The average molecular weight is 492 g/mol. The summed E-state index contributed by atoms with van der Waals surface area (Å²) >= 11 is 0. The van der Waals surface area contributed by atoms with E-state index in [4.69, 9.17) is 4.74 Å². The maximum Gasteiger partial charge on any atom is 0.250 e. The summed E-state index contributed by atoms with van der Waals surface area (Å²) in [6.45, 7) is 2.59. The fourth-order valence-corrected chi connectivity index (χ4v) is 4.40. The summed E-state index contributed by atoms with van der Waals surface area (Å²) in [7, 11) is 0. The number of nitrogens with zero attached hydrogens (tertiary/aromatic N) is 5. The Balaban J connectivity index is 1.33. The van der Waals surface area contributed by atoms with Crippen molar-refractivity contribution in [3.63, 3.8) is 0 Å². The van der Waals surface area contributed by atoms with Gasteiger partial charge in [0.1, 0.15) is 5.75 Å². The van der Waals surface area contributed by atoms with Crippen LogP contribution in [0.3, 0.4) is 0 Å². The van der Waals surface area contributed by atoms with E-state index in [1.165, 1.54) is 0 Å². The highest BCUT2D eigenvalue weighted by Crippen LogP contribution is 2.27. The first-order valence-electron chi connectivity index (χ1n) is 12.1. The zero-order valence-electron chi connectivity index (χ0n) is 20.0. The number of fused-ring (bicyclic) bond motifs is 2. The molecule has 0 unspecified atom stereocenters. The Kier molecular flexibility index (Phi) is 6.18. The highest BCUT2D eigenvalue weighted by Gasteiger charge is 2.17. The molecule has 0 saturated carbocycles. The molecule has 0 spiro atoms. The van der Waals surface area contributed by atoms with Crippen LogP contribution in [0.25, 0.3) is 21.5 Å². The summed E-state index contributed by atoms with van der Waals surface area (Å²) in [5.74, 6) is 1.37. The predicted molar refractivity (Wildman–Crippen MR) is 147 cm³/mol. The molecule has 9 heteroatoms. The van der Waals surface area contributed by atoms with Crippen LogP contribution < -0.4 is 15.6 Å². The Bertz CT molecular complexity index is 1590. The SMILES string of the molecule is Oc1ccc2ccccc2c1C=NNc1nc(Nc2cccc3ccccc23)nc(N2CCOCC2)n1. The van der Waals surface area contributed by atoms with Crippen molar-refractivity contribution in [2.24, 2.45) is 5.10 Å². The van der Waals surface area contributed by atoms with Gasteiger partial charge in [0.25, 0.3) is 0 Å². The van der Waals surface area contributed by atoms with Gasteiger partial charge in [-0.3, -0.25) is 0 Å². The molecule has 9 nitrogen and oxygen atoms in total. The zero-order chi connectivity index (χ0) is 25.0. The van der Waals surface area contributed by atoms with Crippen LogP contribution >= 0.6 is 0 Å². The van der Waals surface area contributed by atoms with Crippen LogP contribution in [0.5, 0.6) is 5.75 Å². The molecule has 0 atom stereocenters. The van der Waals surface area contributed by atoms with E-state index in [-0.39, 0.29) is 11.7 Å². The number of phenolic OH excluding ortho intramolecular Hbond substituents is 1. The summed E-state index contributed by atoms with van der Waals surface area (Å²) < 4.78 is 5.49. The minimum Gasteiger partial charge on any atom is -0.507 e. The van der Waals surface area contributed by atoms with Gasteiger partial charge in [0.15, 0.2) is 0 Å². The fourth-order valence-electron chi connectivity index (χ4n) is 4.40. The summed E-state index contributed by atoms with van der Waals surface area (Å²) in [6, 6.07) is 25.6. The van der Waals surface area contributed by atoms with Gasteiger partial charge < -0.3 is 20.1 Å². The maximum atomic E-state index is 10.4. The largest absolute Gasteiger partial charge is 0.507 e. The van der Waals surface area contributed by atoms with Gasteiger partial charge in [-0.15, -0.1) is 0 Å². The number of benzene rings is 4. The Labute approximate surface area is 213 Å². The van der Waals surface area contributed by atoms with E-state index >= 15 is 0 Å². The normalized spacial score (nSPS) is 13.9. The van der Waals surface area contributed by atoms with Crippen LogP contribution in [0.15, 0.2) is 84.0 Å². The average Bonchev–Trinajstić information content (AvgIpc) is 2.95. The van der Waals surface area contributed by atoms with Crippen LogP contribution in [-0.2, 0) is 4.74 Å². The van der Waals surface area contributed by atoms with E-state index in [2.05, 4.69) is 53.9 Å². The van der Waals surface area contributed by atoms with Gasteiger partial charge in [-0.05, 0) is 28.3 Å². The molecule has 6 rings (SSSR count). The highest BCUT2D eigenvalue weighted by molar-refractivity contribution is 6.02. The zero-order valence-corrected chi connectivity index (χ0v) is 20.0. The first-order valence-corrected chi connectivity index (χ1v) is 12.1. The second-order valence-corrected chi connectivity index (χ2v) is 8.62. The number of rotatable bonds is 6. The number of anilines is 4. The number of morpholine rings is 1. The van der Waals surface area contributed by atoms with Crippen molar-refractivity contribution < 1.29 is 9.84 Å². The fraction of sp³-hybridized carbons (Fsp3) is 0.143. The number of phenols is 1. The lowest BCUT2D eigenvalue weighted by atomic mass is 10.0. The van der Waals surface area contributed by atoms with Crippen molar-refractivity contribution in [1.82, 2.24) is 15.0 Å². The summed E-state index contributed by atoms with van der Waals surface area (Å²) in [5, 5.41) is 22.2. The van der Waals surface area contributed by atoms with Crippen LogP contribution in [0.2, 0.25) is 0 Å². The second kappa shape index (κ2) is 10.1. The number of hydrazone groups is 1. The van der Waals surface area contributed by atoms with Crippen molar-refractivity contribution in [3.8, 4) is 5.75 Å². The number of ether oxygens (including phenoxy) is 1. The lowest BCUT2D eigenvalue weighted by Crippen LogP contribution is -2.37. The number of nitrogens with one attached hydrogen (secondary N) is 2. The first kappa shape index (κ1) is 22.7. The quantitative estimate of drug-likeness (QED) is 0.227. The number of hydrogen-bond donors (Lipinski definition) is 3. The highest BCUT2D eigenvalue weighted by atomic mass is 16.5. The molecule has 184 valence electrons. The molecule has 1 saturated heterocycles. The van der Waals surface area contributed by atoms with E-state index in [1.807, 2.05) is 54.6 Å². The minimum atomic E-state index is 0.146. The van der Waals surface area contributed by atoms with Gasteiger partial charge in [-0.1, -0.05) is 66.7 Å². The van der Waals surface area contributed by atoms with E-state index < -0.39 is 0 Å². The second-order valence-electron chi connectivity index (χ2n) is 8.62. The van der Waals surface area contributed by atoms with Crippen LogP contribution in [0.1, 0.15) is 5.56 Å². The Morgan fingerprint density at radius 3 is 2.32 bits per heavy atom. The molecule has 3 N–H and O–H groups in total. The van der Waals surface area contributed by atoms with Crippen molar-refractivity contribution in [2.45, 2.75) is 0 Å². The third-order valence-corrected chi connectivity index (χ3v) is 6.26. The van der Waals surface area contributed by atoms with Gasteiger partial charge >= 0.3 is 0 Å². The van der Waals surface area contributed by atoms with Crippen molar-refractivity contribution in [2.75, 3.05) is 41.9 Å². The van der Waals surface area contributed by atoms with Crippen LogP contribution in [0, 0.1) is 0 Å². The molecule has 0 radical (unpaired) electrons. The first-order chi connectivity index (χ1) is 18.2. The maximum absolute atomic E-state index is 10.4. The molecule has 37 heavy (non-hydrogen) atoms. The lowest BCUT2D eigenvalue weighted by Gasteiger charge is -2.27. The molecule has 1 aliphatic rings. The van der Waals surface area contributed by atoms with Crippen LogP contribution in [-0.4, -0.2) is 52.6 Å². The molecule has 1 fully saturated rings. The molecular weight excluding hydrogens is 466 g/mol. The van der Waals surface area contributed by atoms with Gasteiger partial charge in [-0.25, -0.2) is 5.43 Å². The van der Waals surface area contributed by atoms with E-state index in [1.54, 1.807) is 12.3 Å². The van der Waals surface area contributed by atoms with E-state index in [0.29, 0.717) is 43.8 Å². The number of aromatic nitrogens is 3. The van der Waals surface area contributed by atoms with Gasteiger partial charge in [0.05, 0.1) is 19.4 Å². The topological polar surface area (TPSA) is 108 Å². The summed E-state index contributed by atoms with van der Waals surface area (Å²) in [5.41, 5.74) is 4.43. The van der Waals surface area contributed by atoms with Crippen molar-refractivity contribution in [3.05, 3.63) is 84.4 Å². The monoisotopic (exact) mass is 491 g/mol. The number of aromatic hydroxyl groups is 1. The molecule has 1 aromatic heterocycles. The molecule has 1 aliphatic heterocycles. The molecule has 5 aromatic rings. The molecule has 0 amide bonds. The third-order valence-electron chi connectivity index (χ3n) is 6.26. The van der Waals surface area contributed by atoms with Gasteiger partial charge in [0.2, 0.25) is 17.8 Å². The Hall–Kier alpha value is -4.76. The smallest absolute Gasteiger partial charge is 0.250 e. The minimum absolute atomic E-state index is 0.146. The summed E-state index contributed by atoms with van der Waals surface area (Å²) in [4.78, 5) is 15.9. The lowest BCUT2D eigenvalue weighted by molar-refractivity contribution is 0.122. The molecule has 2 heterocycles. The van der Waals surface area contributed by atoms with Crippen molar-refractivity contribution in [1.29, 1.82) is 0 Å². The molecule has 4 aromatic carbocycles. The Morgan fingerprint density at radius 1 is 0.784 bits per heavy atom.